The zero-order chi connectivity index (χ0) is 10.6. The normalized spacial score (nSPS) is 12.4. The van der Waals surface area contributed by atoms with Gasteiger partial charge in [0.05, 0.1) is 5.69 Å². The van der Waals surface area contributed by atoms with Crippen LogP contribution in [-0.4, -0.2) is 16.1 Å². The van der Waals surface area contributed by atoms with Crippen molar-refractivity contribution in [3.05, 3.63) is 29.0 Å². The van der Waals surface area contributed by atoms with Crippen molar-refractivity contribution in [3.8, 4) is 0 Å². The maximum atomic E-state index is 10.3. The summed E-state index contributed by atoms with van der Waals surface area (Å²) in [5.41, 5.74) is 6.35. The number of halogens is 1. The lowest BCUT2D eigenvalue weighted by atomic mass is 10.1. The molecule has 1 rings (SSSR count). The Morgan fingerprint density at radius 1 is 1.64 bits per heavy atom. The summed E-state index contributed by atoms with van der Waals surface area (Å²) >= 11 is 5.67. The van der Waals surface area contributed by atoms with Crippen LogP contribution in [0.25, 0.3) is 0 Å². The van der Waals surface area contributed by atoms with Gasteiger partial charge < -0.3 is 10.8 Å². The second-order valence-electron chi connectivity index (χ2n) is 2.92. The van der Waals surface area contributed by atoms with Gasteiger partial charge in [-0.3, -0.25) is 4.79 Å². The molecule has 0 aliphatic rings. The van der Waals surface area contributed by atoms with E-state index in [1.807, 2.05) is 0 Å². The third kappa shape index (κ3) is 3.32. The first kappa shape index (κ1) is 10.9. The number of carbonyl (C=O) groups is 1. The average Bonchev–Trinajstić information content (AvgIpc) is 2.14. The molecule has 0 radical (unpaired) electrons. The molecule has 1 aromatic heterocycles. The van der Waals surface area contributed by atoms with Crippen LogP contribution >= 0.6 is 11.6 Å². The molecule has 0 fully saturated rings. The van der Waals surface area contributed by atoms with Gasteiger partial charge in [0.2, 0.25) is 0 Å². The van der Waals surface area contributed by atoms with Gasteiger partial charge >= 0.3 is 5.97 Å². The number of pyridine rings is 1. The maximum Gasteiger partial charge on any atom is 0.303 e. The van der Waals surface area contributed by atoms with Gasteiger partial charge in [-0.1, -0.05) is 17.7 Å². The standard InChI is InChI=1S/C9H11ClN2O2/c10-8-3-1-2-7(12-8)6(11)4-5-9(13)14/h1-3,6H,4-5,11H2,(H,13,14). The summed E-state index contributed by atoms with van der Waals surface area (Å²) < 4.78 is 0. The van der Waals surface area contributed by atoms with Crippen molar-refractivity contribution in [2.45, 2.75) is 18.9 Å². The molecule has 1 unspecified atom stereocenters. The molecule has 0 bridgehead atoms. The second kappa shape index (κ2) is 4.93. The molecule has 3 N–H and O–H groups in total. The van der Waals surface area contributed by atoms with Crippen LogP contribution in [0.5, 0.6) is 0 Å². The Labute approximate surface area is 86.7 Å². The molecule has 0 aromatic carbocycles. The van der Waals surface area contributed by atoms with Gasteiger partial charge in [-0.15, -0.1) is 0 Å². The van der Waals surface area contributed by atoms with E-state index < -0.39 is 5.97 Å². The fourth-order valence-corrected chi connectivity index (χ4v) is 1.23. The molecular formula is C9H11ClN2O2. The first-order chi connectivity index (χ1) is 6.59. The Morgan fingerprint density at radius 2 is 2.36 bits per heavy atom. The predicted octanol–water partition coefficient (Wildman–Crippen LogP) is 1.60. The van der Waals surface area contributed by atoms with Gasteiger partial charge in [0.1, 0.15) is 5.15 Å². The lowest BCUT2D eigenvalue weighted by Crippen LogP contribution is -2.13. The minimum absolute atomic E-state index is 0.0371. The first-order valence-electron chi connectivity index (χ1n) is 4.19. The summed E-state index contributed by atoms with van der Waals surface area (Å²) in [7, 11) is 0. The van der Waals surface area contributed by atoms with Crippen molar-refractivity contribution in [3.63, 3.8) is 0 Å². The van der Waals surface area contributed by atoms with E-state index >= 15 is 0 Å². The van der Waals surface area contributed by atoms with Crippen LogP contribution in [0.2, 0.25) is 5.15 Å². The fraction of sp³-hybridized carbons (Fsp3) is 0.333. The third-order valence-corrected chi connectivity index (χ3v) is 2.00. The molecule has 0 saturated carbocycles. The molecule has 0 aliphatic carbocycles. The molecule has 0 spiro atoms. The van der Waals surface area contributed by atoms with Crippen LogP contribution in [0.15, 0.2) is 18.2 Å². The van der Waals surface area contributed by atoms with E-state index in [1.165, 1.54) is 0 Å². The minimum Gasteiger partial charge on any atom is -0.481 e. The Morgan fingerprint density at radius 3 is 2.93 bits per heavy atom. The van der Waals surface area contributed by atoms with Gasteiger partial charge in [-0.2, -0.15) is 0 Å². The number of hydrogen-bond donors (Lipinski definition) is 2. The SMILES string of the molecule is NC(CCC(=O)O)c1cccc(Cl)n1. The Balaban J connectivity index is 2.60. The number of nitrogens with two attached hydrogens (primary N) is 1. The molecule has 4 nitrogen and oxygen atoms in total. The quantitative estimate of drug-likeness (QED) is 0.747. The number of aromatic nitrogens is 1. The number of hydrogen-bond acceptors (Lipinski definition) is 3. The molecule has 14 heavy (non-hydrogen) atoms. The molecule has 5 heteroatoms. The van der Waals surface area contributed by atoms with Crippen molar-refractivity contribution >= 4 is 17.6 Å². The monoisotopic (exact) mass is 214 g/mol. The van der Waals surface area contributed by atoms with E-state index in [4.69, 9.17) is 22.4 Å². The largest absolute Gasteiger partial charge is 0.481 e. The summed E-state index contributed by atoms with van der Waals surface area (Å²) in [4.78, 5) is 14.3. The van der Waals surface area contributed by atoms with Crippen molar-refractivity contribution in [2.75, 3.05) is 0 Å². The number of nitrogens with zero attached hydrogens (tertiary/aromatic N) is 1. The van der Waals surface area contributed by atoms with E-state index in [0.29, 0.717) is 17.3 Å². The van der Waals surface area contributed by atoms with Gasteiger partial charge in [-0.05, 0) is 18.6 Å². The Kier molecular flexibility index (Phi) is 3.85. The minimum atomic E-state index is -0.859. The second-order valence-corrected chi connectivity index (χ2v) is 3.31. The van der Waals surface area contributed by atoms with Crippen LogP contribution in [0, 0.1) is 0 Å². The maximum absolute atomic E-state index is 10.3. The molecule has 0 saturated heterocycles. The summed E-state index contributed by atoms with van der Waals surface area (Å²) in [5, 5.41) is 8.83. The van der Waals surface area contributed by atoms with Crippen LogP contribution in [0.1, 0.15) is 24.6 Å². The van der Waals surface area contributed by atoms with E-state index in [2.05, 4.69) is 4.98 Å². The fourth-order valence-electron chi connectivity index (χ4n) is 1.06. The van der Waals surface area contributed by atoms with Crippen molar-refractivity contribution in [1.29, 1.82) is 0 Å². The lowest BCUT2D eigenvalue weighted by molar-refractivity contribution is -0.137. The summed E-state index contributed by atoms with van der Waals surface area (Å²) in [6, 6.07) is 4.75. The number of rotatable bonds is 4. The van der Waals surface area contributed by atoms with Gasteiger partial charge in [-0.25, -0.2) is 4.98 Å². The highest BCUT2D eigenvalue weighted by molar-refractivity contribution is 6.29. The highest BCUT2D eigenvalue weighted by atomic mass is 35.5. The zero-order valence-corrected chi connectivity index (χ0v) is 8.24. The summed E-state index contributed by atoms with van der Waals surface area (Å²) in [6.45, 7) is 0. The first-order valence-corrected chi connectivity index (χ1v) is 4.57. The van der Waals surface area contributed by atoms with Crippen molar-refractivity contribution in [1.82, 2.24) is 4.98 Å². The molecule has 1 heterocycles. The van der Waals surface area contributed by atoms with Crippen LogP contribution in [0.3, 0.4) is 0 Å². The Hall–Kier alpha value is -1.13. The highest BCUT2D eigenvalue weighted by Gasteiger charge is 2.09. The average molecular weight is 215 g/mol. The topological polar surface area (TPSA) is 76.2 Å². The smallest absolute Gasteiger partial charge is 0.303 e. The van der Waals surface area contributed by atoms with E-state index in [9.17, 15) is 4.79 Å². The Bertz CT molecular complexity index is 330. The summed E-state index contributed by atoms with van der Waals surface area (Å²) in [6.07, 6.45) is 0.401. The molecule has 0 amide bonds. The van der Waals surface area contributed by atoms with E-state index in [1.54, 1.807) is 18.2 Å². The van der Waals surface area contributed by atoms with Crippen LogP contribution in [-0.2, 0) is 4.79 Å². The molecule has 0 aliphatic heterocycles. The lowest BCUT2D eigenvalue weighted by Gasteiger charge is -2.09. The van der Waals surface area contributed by atoms with Gasteiger partial charge in [0.15, 0.2) is 0 Å². The highest BCUT2D eigenvalue weighted by Crippen LogP contribution is 2.15. The number of carboxylic acids is 1. The zero-order valence-electron chi connectivity index (χ0n) is 7.48. The van der Waals surface area contributed by atoms with Crippen LogP contribution in [0.4, 0.5) is 0 Å². The predicted molar refractivity (Wildman–Crippen MR) is 53.0 cm³/mol. The number of carboxylic acid groups (broad SMARTS) is 1. The summed E-state index contributed by atoms with van der Waals surface area (Å²) in [5.74, 6) is -0.859. The number of aliphatic carboxylic acids is 1. The van der Waals surface area contributed by atoms with Crippen molar-refractivity contribution in [2.24, 2.45) is 5.73 Å². The molecule has 76 valence electrons. The van der Waals surface area contributed by atoms with Crippen LogP contribution < -0.4 is 5.73 Å². The molecule has 1 aromatic rings. The van der Waals surface area contributed by atoms with Crippen molar-refractivity contribution < 1.29 is 9.90 Å². The molecular weight excluding hydrogens is 204 g/mol. The van der Waals surface area contributed by atoms with Gasteiger partial charge in [0.25, 0.3) is 0 Å². The third-order valence-electron chi connectivity index (χ3n) is 1.79. The molecule has 1 atom stereocenters. The van der Waals surface area contributed by atoms with E-state index in [0.717, 1.165) is 0 Å². The van der Waals surface area contributed by atoms with Gasteiger partial charge in [0, 0.05) is 12.5 Å². The van der Waals surface area contributed by atoms with E-state index in [-0.39, 0.29) is 12.5 Å².